The van der Waals surface area contributed by atoms with Crippen LogP contribution in [-0.2, 0) is 9.53 Å². The van der Waals surface area contributed by atoms with Crippen molar-refractivity contribution < 1.29 is 14.6 Å². The Hall–Kier alpha value is -1.09. The van der Waals surface area contributed by atoms with E-state index in [4.69, 9.17) is 9.84 Å². The lowest BCUT2D eigenvalue weighted by molar-refractivity contribution is -0.136. The van der Waals surface area contributed by atoms with Crippen LogP contribution in [0.5, 0.6) is 0 Å². The molecule has 0 unspecified atom stereocenters. The van der Waals surface area contributed by atoms with Crippen LogP contribution in [0.4, 0.5) is 0 Å². The number of allylic oxidation sites excluding steroid dienone is 2. The van der Waals surface area contributed by atoms with Crippen molar-refractivity contribution in [3.63, 3.8) is 0 Å². The second-order valence-corrected chi connectivity index (χ2v) is 7.31. The molecule has 1 N–H and O–H groups in total. The van der Waals surface area contributed by atoms with Gasteiger partial charge in [-0.05, 0) is 50.9 Å². The molecule has 2 aliphatic rings. The summed E-state index contributed by atoms with van der Waals surface area (Å²) in [6, 6.07) is 0. The largest absolute Gasteiger partial charge is 0.481 e. The van der Waals surface area contributed by atoms with Crippen LogP contribution in [0.3, 0.4) is 0 Å². The van der Waals surface area contributed by atoms with Gasteiger partial charge in [0.25, 0.3) is 0 Å². The molecule has 3 nitrogen and oxygen atoms in total. The van der Waals surface area contributed by atoms with Gasteiger partial charge in [-0.25, -0.2) is 0 Å². The van der Waals surface area contributed by atoms with E-state index in [1.165, 1.54) is 51.4 Å². The zero-order chi connectivity index (χ0) is 17.2. The Labute approximate surface area is 147 Å². The summed E-state index contributed by atoms with van der Waals surface area (Å²) in [5.41, 5.74) is 0. The van der Waals surface area contributed by atoms with E-state index in [2.05, 4.69) is 19.1 Å². The molecule has 2 heterocycles. The number of carboxylic acids is 1. The van der Waals surface area contributed by atoms with Gasteiger partial charge in [0.15, 0.2) is 0 Å². The van der Waals surface area contributed by atoms with Crippen LogP contribution >= 0.6 is 0 Å². The van der Waals surface area contributed by atoms with E-state index in [1.54, 1.807) is 6.08 Å². The van der Waals surface area contributed by atoms with E-state index in [-0.39, 0.29) is 6.42 Å². The minimum Gasteiger partial charge on any atom is -0.481 e. The highest BCUT2D eigenvalue weighted by Crippen LogP contribution is 2.46. The van der Waals surface area contributed by atoms with Crippen molar-refractivity contribution in [2.75, 3.05) is 0 Å². The molecule has 24 heavy (non-hydrogen) atoms. The van der Waals surface area contributed by atoms with Crippen LogP contribution in [0.15, 0.2) is 24.3 Å². The number of rotatable bonds is 12. The van der Waals surface area contributed by atoms with Gasteiger partial charge >= 0.3 is 5.97 Å². The molecule has 2 aliphatic heterocycles. The van der Waals surface area contributed by atoms with Crippen molar-refractivity contribution in [3.05, 3.63) is 24.3 Å². The quantitative estimate of drug-likeness (QED) is 0.378. The normalized spacial score (nSPS) is 29.2. The van der Waals surface area contributed by atoms with Gasteiger partial charge in [0.2, 0.25) is 0 Å². The number of ether oxygens (including phenoxy) is 1. The standard InChI is InChI=1S/C21H34O3/c1-2-3-4-5-6-9-12-17-18(20-16-15-19(17)24-20)13-10-7-8-11-14-21(22)23/h8-9,11-12,17-20H,2-7,10,13-16H2,1H3,(H,22,23)/b11-8-,12-9-/t17-,18+,19-,20+/m1/s1. The van der Waals surface area contributed by atoms with E-state index in [9.17, 15) is 4.79 Å². The zero-order valence-electron chi connectivity index (χ0n) is 15.2. The maximum absolute atomic E-state index is 10.5. The summed E-state index contributed by atoms with van der Waals surface area (Å²) in [5, 5.41) is 8.62. The monoisotopic (exact) mass is 334 g/mol. The van der Waals surface area contributed by atoms with Crippen LogP contribution in [0.1, 0.15) is 77.6 Å². The van der Waals surface area contributed by atoms with Gasteiger partial charge in [-0.1, -0.05) is 50.5 Å². The first-order valence-electron chi connectivity index (χ1n) is 9.91. The highest BCUT2D eigenvalue weighted by Gasteiger charge is 2.46. The Bertz CT molecular complexity index is 427. The topological polar surface area (TPSA) is 46.5 Å². The first-order valence-corrected chi connectivity index (χ1v) is 9.91. The Morgan fingerprint density at radius 3 is 2.62 bits per heavy atom. The molecule has 0 radical (unpaired) electrons. The van der Waals surface area contributed by atoms with E-state index in [0.717, 1.165) is 12.8 Å². The summed E-state index contributed by atoms with van der Waals surface area (Å²) in [5.74, 6) is 0.526. The molecule has 2 fully saturated rings. The zero-order valence-corrected chi connectivity index (χ0v) is 15.2. The van der Waals surface area contributed by atoms with E-state index < -0.39 is 5.97 Å². The summed E-state index contributed by atoms with van der Waals surface area (Å²) >= 11 is 0. The molecule has 0 aromatic carbocycles. The molecule has 0 aliphatic carbocycles. The Kier molecular flexibility index (Phi) is 8.58. The predicted molar refractivity (Wildman–Crippen MR) is 98.0 cm³/mol. The molecule has 4 atom stereocenters. The highest BCUT2D eigenvalue weighted by molar-refractivity contribution is 5.68. The lowest BCUT2D eigenvalue weighted by Gasteiger charge is -2.25. The number of unbranched alkanes of at least 4 members (excludes halogenated alkanes) is 5. The average molecular weight is 335 g/mol. The van der Waals surface area contributed by atoms with Crippen LogP contribution in [0.25, 0.3) is 0 Å². The van der Waals surface area contributed by atoms with Crippen LogP contribution in [-0.4, -0.2) is 23.3 Å². The smallest absolute Gasteiger partial charge is 0.307 e. The molecule has 2 rings (SSSR count). The molecule has 2 bridgehead atoms. The van der Waals surface area contributed by atoms with E-state index in [1.807, 2.05) is 6.08 Å². The summed E-state index contributed by atoms with van der Waals surface area (Å²) in [7, 11) is 0. The third-order valence-corrected chi connectivity index (χ3v) is 5.44. The molecule has 0 aromatic rings. The summed E-state index contributed by atoms with van der Waals surface area (Å²) in [6.45, 7) is 2.25. The summed E-state index contributed by atoms with van der Waals surface area (Å²) < 4.78 is 6.16. The first-order chi connectivity index (χ1) is 11.7. The fourth-order valence-electron chi connectivity index (χ4n) is 4.17. The minimum absolute atomic E-state index is 0.140. The van der Waals surface area contributed by atoms with Crippen molar-refractivity contribution in [2.24, 2.45) is 11.8 Å². The SMILES string of the molecule is CCCCCC/C=C\[C@@H]1[C@H](CCC/C=C\CC(=O)O)[C@@H]2CC[C@H]1O2. The summed E-state index contributed by atoms with van der Waals surface area (Å²) in [4.78, 5) is 10.5. The van der Waals surface area contributed by atoms with Crippen LogP contribution in [0, 0.1) is 11.8 Å². The summed E-state index contributed by atoms with van der Waals surface area (Å²) in [6.07, 6.45) is 22.0. The number of fused-ring (bicyclic) bond motifs is 2. The van der Waals surface area contributed by atoms with Crippen molar-refractivity contribution >= 4 is 5.97 Å². The van der Waals surface area contributed by atoms with Crippen LogP contribution < -0.4 is 0 Å². The van der Waals surface area contributed by atoms with E-state index in [0.29, 0.717) is 24.0 Å². The molecular formula is C21H34O3. The third kappa shape index (κ3) is 6.08. The van der Waals surface area contributed by atoms with Gasteiger partial charge in [-0.15, -0.1) is 0 Å². The molecule has 2 saturated heterocycles. The molecule has 0 aromatic heterocycles. The highest BCUT2D eigenvalue weighted by atomic mass is 16.5. The van der Waals surface area contributed by atoms with Crippen molar-refractivity contribution in [1.82, 2.24) is 0 Å². The fourth-order valence-corrected chi connectivity index (χ4v) is 4.17. The maximum Gasteiger partial charge on any atom is 0.307 e. The average Bonchev–Trinajstić information content (AvgIpc) is 3.15. The molecular weight excluding hydrogens is 300 g/mol. The van der Waals surface area contributed by atoms with Crippen molar-refractivity contribution in [2.45, 2.75) is 89.8 Å². The van der Waals surface area contributed by atoms with Gasteiger partial charge in [0.05, 0.1) is 18.6 Å². The first kappa shape index (κ1) is 19.2. The number of carbonyl (C=O) groups is 1. The number of aliphatic carboxylic acids is 1. The van der Waals surface area contributed by atoms with Crippen LogP contribution in [0.2, 0.25) is 0 Å². The number of hydrogen-bond donors (Lipinski definition) is 1. The molecule has 0 amide bonds. The molecule has 0 spiro atoms. The lowest BCUT2D eigenvalue weighted by atomic mass is 9.76. The Morgan fingerprint density at radius 1 is 1.04 bits per heavy atom. The van der Waals surface area contributed by atoms with Crippen molar-refractivity contribution in [3.8, 4) is 0 Å². The lowest BCUT2D eigenvalue weighted by Crippen LogP contribution is -2.25. The molecule has 0 saturated carbocycles. The molecule has 3 heteroatoms. The number of carboxylic acid groups (broad SMARTS) is 1. The van der Waals surface area contributed by atoms with Gasteiger partial charge in [0.1, 0.15) is 0 Å². The van der Waals surface area contributed by atoms with E-state index >= 15 is 0 Å². The second kappa shape index (κ2) is 10.7. The third-order valence-electron chi connectivity index (χ3n) is 5.44. The maximum atomic E-state index is 10.5. The minimum atomic E-state index is -0.753. The number of hydrogen-bond acceptors (Lipinski definition) is 2. The van der Waals surface area contributed by atoms with Gasteiger partial charge in [0, 0.05) is 5.92 Å². The second-order valence-electron chi connectivity index (χ2n) is 7.31. The van der Waals surface area contributed by atoms with Crippen molar-refractivity contribution in [1.29, 1.82) is 0 Å². The Morgan fingerprint density at radius 2 is 1.83 bits per heavy atom. The van der Waals surface area contributed by atoms with Gasteiger partial charge in [-0.2, -0.15) is 0 Å². The molecule has 136 valence electrons. The predicted octanol–water partition coefficient (Wildman–Crippen LogP) is 5.51. The van der Waals surface area contributed by atoms with Gasteiger partial charge in [-0.3, -0.25) is 4.79 Å². The Balaban J connectivity index is 1.70. The fraction of sp³-hybridized carbons (Fsp3) is 0.762. The van der Waals surface area contributed by atoms with Gasteiger partial charge < -0.3 is 9.84 Å².